The topological polar surface area (TPSA) is 49.8 Å². The zero-order valence-corrected chi connectivity index (χ0v) is 14.4. The van der Waals surface area contributed by atoms with Crippen LogP contribution in [0.5, 0.6) is 0 Å². The molecule has 0 spiro atoms. The number of hydrogen-bond acceptors (Lipinski definition) is 3. The fraction of sp³-hybridized carbons (Fsp3) is 0.500. The van der Waals surface area contributed by atoms with Crippen molar-refractivity contribution in [2.24, 2.45) is 0 Å². The minimum atomic E-state index is -4.49. The average molecular weight is 357 g/mol. The van der Waals surface area contributed by atoms with Crippen LogP contribution >= 0.6 is 0 Å². The first kappa shape index (κ1) is 19.3. The van der Waals surface area contributed by atoms with Gasteiger partial charge in [-0.15, -0.1) is 0 Å². The number of aliphatic hydroxyl groups excluding tert-OH is 1. The van der Waals surface area contributed by atoms with Crippen molar-refractivity contribution in [3.63, 3.8) is 0 Å². The molecule has 0 aromatic heterocycles. The number of aliphatic hydroxyl groups is 1. The third-order valence-corrected chi connectivity index (χ3v) is 3.81. The maximum Gasteiger partial charge on any atom is 0.416 e. The Bertz CT molecular complexity index is 663. The van der Waals surface area contributed by atoms with Gasteiger partial charge in [-0.2, -0.15) is 13.2 Å². The van der Waals surface area contributed by atoms with Crippen LogP contribution < -0.4 is 0 Å². The summed E-state index contributed by atoms with van der Waals surface area (Å²) >= 11 is 0. The molecule has 1 atom stereocenters. The summed E-state index contributed by atoms with van der Waals surface area (Å²) in [5.74, 6) is 0. The molecule has 25 heavy (non-hydrogen) atoms. The normalized spacial score (nSPS) is 18.4. The third-order valence-electron chi connectivity index (χ3n) is 3.81. The van der Waals surface area contributed by atoms with E-state index in [1.165, 1.54) is 11.0 Å². The fourth-order valence-electron chi connectivity index (χ4n) is 2.74. The first-order valence-electron chi connectivity index (χ1n) is 8.02. The van der Waals surface area contributed by atoms with E-state index in [9.17, 15) is 23.1 Å². The number of nitrogens with zero attached hydrogens (tertiary/aromatic N) is 1. The van der Waals surface area contributed by atoms with Gasteiger partial charge in [0.15, 0.2) is 0 Å². The standard InChI is InChI=1S/C18H22F3NO3/c1-17(2,3)25-16(24)22-9-5-4-6-15(22)14-8-7-13(18(19,20)21)10-12(14)11-23/h5,7-10,15,23H,4,6,11H2,1-3H3. The SMILES string of the molecule is CC(C)(C)OC(=O)N1C=CCCC1c1ccc(C(F)(F)F)cc1CO. The Kier molecular flexibility index (Phi) is 5.46. The van der Waals surface area contributed by atoms with Crippen LogP contribution in [0.4, 0.5) is 18.0 Å². The van der Waals surface area contributed by atoms with Crippen molar-refractivity contribution in [1.82, 2.24) is 4.90 Å². The van der Waals surface area contributed by atoms with E-state index in [1.54, 1.807) is 27.0 Å². The van der Waals surface area contributed by atoms with Gasteiger partial charge in [0.05, 0.1) is 18.2 Å². The first-order valence-corrected chi connectivity index (χ1v) is 8.02. The van der Waals surface area contributed by atoms with Gasteiger partial charge >= 0.3 is 12.3 Å². The van der Waals surface area contributed by atoms with Crippen LogP contribution in [-0.2, 0) is 17.5 Å². The Morgan fingerprint density at radius 3 is 2.56 bits per heavy atom. The van der Waals surface area contributed by atoms with Gasteiger partial charge in [-0.25, -0.2) is 4.79 Å². The molecule has 1 N–H and O–H groups in total. The predicted octanol–water partition coefficient (Wildman–Crippen LogP) is 4.78. The number of carbonyl (C=O) groups excluding carboxylic acids is 1. The van der Waals surface area contributed by atoms with Gasteiger partial charge in [0.1, 0.15) is 5.60 Å². The highest BCUT2D eigenvalue weighted by atomic mass is 19.4. The molecule has 1 aromatic carbocycles. The van der Waals surface area contributed by atoms with Crippen LogP contribution in [-0.4, -0.2) is 21.7 Å². The highest BCUT2D eigenvalue weighted by Crippen LogP contribution is 2.36. The number of carbonyl (C=O) groups is 1. The number of rotatable bonds is 2. The van der Waals surface area contributed by atoms with Crippen LogP contribution in [0.25, 0.3) is 0 Å². The van der Waals surface area contributed by atoms with Crippen LogP contribution in [0.15, 0.2) is 30.5 Å². The summed E-state index contributed by atoms with van der Waals surface area (Å²) in [4.78, 5) is 13.8. The van der Waals surface area contributed by atoms with Crippen molar-refractivity contribution in [3.05, 3.63) is 47.2 Å². The quantitative estimate of drug-likeness (QED) is 0.828. The van der Waals surface area contributed by atoms with E-state index < -0.39 is 36.1 Å². The number of amides is 1. The number of halogens is 3. The monoisotopic (exact) mass is 357 g/mol. The summed E-state index contributed by atoms with van der Waals surface area (Å²) in [6, 6.07) is 2.75. The van der Waals surface area contributed by atoms with E-state index in [2.05, 4.69) is 0 Å². The molecule has 0 aliphatic carbocycles. The van der Waals surface area contributed by atoms with E-state index >= 15 is 0 Å². The van der Waals surface area contributed by atoms with Gasteiger partial charge in [-0.3, -0.25) is 4.90 Å². The smallest absolute Gasteiger partial charge is 0.416 e. The van der Waals surface area contributed by atoms with E-state index in [-0.39, 0.29) is 5.56 Å². The van der Waals surface area contributed by atoms with Crippen molar-refractivity contribution in [2.75, 3.05) is 0 Å². The lowest BCUT2D eigenvalue weighted by Crippen LogP contribution is -2.37. The largest absolute Gasteiger partial charge is 0.443 e. The number of ether oxygens (including phenoxy) is 1. The molecule has 2 rings (SSSR count). The molecular weight excluding hydrogens is 335 g/mol. The van der Waals surface area contributed by atoms with Gasteiger partial charge in [-0.1, -0.05) is 12.1 Å². The molecular formula is C18H22F3NO3. The van der Waals surface area contributed by atoms with Crippen LogP contribution in [0.1, 0.15) is 56.3 Å². The van der Waals surface area contributed by atoms with E-state index in [4.69, 9.17) is 4.74 Å². The van der Waals surface area contributed by atoms with Crippen molar-refractivity contribution >= 4 is 6.09 Å². The van der Waals surface area contributed by atoms with Crippen molar-refractivity contribution in [1.29, 1.82) is 0 Å². The predicted molar refractivity (Wildman–Crippen MR) is 86.6 cm³/mol. The molecule has 1 aliphatic heterocycles. The van der Waals surface area contributed by atoms with Crippen molar-refractivity contribution < 1.29 is 27.8 Å². The molecule has 1 heterocycles. The zero-order chi connectivity index (χ0) is 18.8. The molecule has 4 nitrogen and oxygen atoms in total. The molecule has 138 valence electrons. The first-order chi connectivity index (χ1) is 11.5. The summed E-state index contributed by atoms with van der Waals surface area (Å²) in [7, 11) is 0. The molecule has 0 radical (unpaired) electrons. The molecule has 0 bridgehead atoms. The second kappa shape index (κ2) is 7.07. The average Bonchev–Trinajstić information content (AvgIpc) is 2.51. The minimum Gasteiger partial charge on any atom is -0.443 e. The molecule has 1 amide bonds. The second-order valence-corrected chi connectivity index (χ2v) is 6.93. The van der Waals surface area contributed by atoms with Crippen molar-refractivity contribution in [3.8, 4) is 0 Å². The van der Waals surface area contributed by atoms with Crippen LogP contribution in [0, 0.1) is 0 Å². The second-order valence-electron chi connectivity index (χ2n) is 6.93. The highest BCUT2D eigenvalue weighted by Gasteiger charge is 2.34. The van der Waals surface area contributed by atoms with Gasteiger partial charge in [0.25, 0.3) is 0 Å². The molecule has 0 fully saturated rings. The molecule has 1 unspecified atom stereocenters. The lowest BCUT2D eigenvalue weighted by Gasteiger charge is -2.34. The molecule has 0 saturated carbocycles. The van der Waals surface area contributed by atoms with Gasteiger partial charge < -0.3 is 9.84 Å². The maximum absolute atomic E-state index is 12.9. The van der Waals surface area contributed by atoms with Crippen LogP contribution in [0.3, 0.4) is 0 Å². The van der Waals surface area contributed by atoms with Gasteiger partial charge in [0.2, 0.25) is 0 Å². The summed E-state index contributed by atoms with van der Waals surface area (Å²) in [6.45, 7) is 4.68. The number of alkyl halides is 3. The summed E-state index contributed by atoms with van der Waals surface area (Å²) in [5, 5.41) is 9.53. The Hall–Kier alpha value is -2.02. The Labute approximate surface area is 144 Å². The minimum absolute atomic E-state index is 0.156. The van der Waals surface area contributed by atoms with Gasteiger partial charge in [0, 0.05) is 6.20 Å². The Morgan fingerprint density at radius 2 is 2.00 bits per heavy atom. The lowest BCUT2D eigenvalue weighted by molar-refractivity contribution is -0.137. The Morgan fingerprint density at radius 1 is 1.32 bits per heavy atom. The van der Waals surface area contributed by atoms with Gasteiger partial charge in [-0.05, 0) is 56.9 Å². The third kappa shape index (κ3) is 4.75. The Balaban J connectivity index is 2.37. The van der Waals surface area contributed by atoms with Crippen LogP contribution in [0.2, 0.25) is 0 Å². The molecule has 1 aromatic rings. The fourth-order valence-corrected chi connectivity index (χ4v) is 2.74. The maximum atomic E-state index is 12.9. The number of benzene rings is 1. The lowest BCUT2D eigenvalue weighted by atomic mass is 9.93. The van der Waals surface area contributed by atoms with E-state index in [1.807, 2.05) is 6.08 Å². The molecule has 1 aliphatic rings. The number of allylic oxidation sites excluding steroid dienone is 1. The summed E-state index contributed by atoms with van der Waals surface area (Å²) < 4.78 is 44.0. The zero-order valence-electron chi connectivity index (χ0n) is 14.4. The molecule has 7 heteroatoms. The summed E-state index contributed by atoms with van der Waals surface area (Å²) in [6.07, 6.45) is -0.453. The summed E-state index contributed by atoms with van der Waals surface area (Å²) in [5.41, 5.74) is -0.864. The van der Waals surface area contributed by atoms with E-state index in [0.29, 0.717) is 18.4 Å². The van der Waals surface area contributed by atoms with E-state index in [0.717, 1.165) is 12.1 Å². The number of hydrogen-bond donors (Lipinski definition) is 1. The molecule has 0 saturated heterocycles. The highest BCUT2D eigenvalue weighted by molar-refractivity contribution is 5.70. The van der Waals surface area contributed by atoms with Crippen molar-refractivity contribution in [2.45, 2.75) is 58.0 Å².